The molecule has 0 bridgehead atoms. The van der Waals surface area contributed by atoms with Gasteiger partial charge in [0.15, 0.2) is 5.11 Å². The molecule has 4 nitrogen and oxygen atoms in total. The highest BCUT2D eigenvalue weighted by molar-refractivity contribution is 7.80. The van der Waals surface area contributed by atoms with E-state index in [4.69, 9.17) is 12.2 Å². The largest absolute Gasteiger partial charge is 0.339 e. The van der Waals surface area contributed by atoms with Gasteiger partial charge in [0, 0.05) is 18.8 Å². The zero-order valence-electron chi connectivity index (χ0n) is 14.5. The molecule has 0 unspecified atom stereocenters. The molecule has 0 aromatic heterocycles. The summed E-state index contributed by atoms with van der Waals surface area (Å²) >= 11 is 5.33. The molecule has 1 fully saturated rings. The highest BCUT2D eigenvalue weighted by Gasteiger charge is 2.20. The van der Waals surface area contributed by atoms with Gasteiger partial charge in [0.25, 0.3) is 5.91 Å². The predicted molar refractivity (Wildman–Crippen MR) is 107 cm³/mol. The summed E-state index contributed by atoms with van der Waals surface area (Å²) in [6.07, 6.45) is 4.45. The second-order valence-corrected chi connectivity index (χ2v) is 6.75. The summed E-state index contributed by atoms with van der Waals surface area (Å²) in [6, 6.07) is 13.3. The van der Waals surface area contributed by atoms with Crippen molar-refractivity contribution in [1.29, 1.82) is 0 Å². The van der Waals surface area contributed by atoms with Crippen LogP contribution in [0, 0.1) is 5.82 Å². The normalized spacial score (nSPS) is 14.4. The fourth-order valence-corrected chi connectivity index (χ4v) is 3.27. The highest BCUT2D eigenvalue weighted by atomic mass is 32.1. The molecule has 2 aromatic carbocycles. The maximum absolute atomic E-state index is 13.0. The van der Waals surface area contributed by atoms with Gasteiger partial charge in [-0.25, -0.2) is 4.39 Å². The molecular formula is C20H22FN3OS. The third-order valence-electron chi connectivity index (χ3n) is 4.40. The van der Waals surface area contributed by atoms with E-state index in [2.05, 4.69) is 10.6 Å². The number of benzene rings is 2. The number of rotatable bonds is 3. The Morgan fingerprint density at radius 3 is 2.27 bits per heavy atom. The predicted octanol–water partition coefficient (Wildman–Crippen LogP) is 4.65. The number of carbonyl (C=O) groups excluding carboxylic acids is 1. The van der Waals surface area contributed by atoms with Crippen LogP contribution in [0.2, 0.25) is 0 Å². The van der Waals surface area contributed by atoms with E-state index in [1.807, 2.05) is 29.2 Å². The van der Waals surface area contributed by atoms with Gasteiger partial charge in [0.1, 0.15) is 5.82 Å². The zero-order chi connectivity index (χ0) is 18.4. The van der Waals surface area contributed by atoms with Gasteiger partial charge in [-0.3, -0.25) is 4.79 Å². The summed E-state index contributed by atoms with van der Waals surface area (Å²) in [5.74, 6) is -0.276. The molecule has 0 aliphatic carbocycles. The van der Waals surface area contributed by atoms with Gasteiger partial charge in [-0.15, -0.1) is 0 Å². The number of nitrogens with zero attached hydrogens (tertiary/aromatic N) is 1. The van der Waals surface area contributed by atoms with Crippen molar-refractivity contribution in [3.63, 3.8) is 0 Å². The Morgan fingerprint density at radius 2 is 1.58 bits per heavy atom. The molecule has 0 saturated carbocycles. The van der Waals surface area contributed by atoms with Crippen LogP contribution in [0.1, 0.15) is 36.0 Å². The van der Waals surface area contributed by atoms with Gasteiger partial charge >= 0.3 is 0 Å². The third kappa shape index (κ3) is 4.79. The Hall–Kier alpha value is -2.47. The quantitative estimate of drug-likeness (QED) is 0.771. The smallest absolute Gasteiger partial charge is 0.255 e. The first-order valence-corrected chi connectivity index (χ1v) is 9.26. The molecule has 3 rings (SSSR count). The number of hydrogen-bond acceptors (Lipinski definition) is 2. The van der Waals surface area contributed by atoms with Crippen molar-refractivity contribution >= 4 is 34.6 Å². The number of halogens is 1. The van der Waals surface area contributed by atoms with Gasteiger partial charge in [0.2, 0.25) is 0 Å². The van der Waals surface area contributed by atoms with Crippen LogP contribution in [0.15, 0.2) is 48.5 Å². The first-order chi connectivity index (χ1) is 12.6. The van der Waals surface area contributed by atoms with E-state index in [-0.39, 0.29) is 11.7 Å². The molecule has 2 aromatic rings. The van der Waals surface area contributed by atoms with E-state index in [1.54, 1.807) is 12.1 Å². The van der Waals surface area contributed by atoms with Crippen LogP contribution in [0.4, 0.5) is 15.8 Å². The molecule has 1 heterocycles. The van der Waals surface area contributed by atoms with Gasteiger partial charge in [-0.05, 0) is 61.5 Å². The van der Waals surface area contributed by atoms with Crippen LogP contribution in [-0.2, 0) is 0 Å². The maximum atomic E-state index is 13.0. The minimum absolute atomic E-state index is 0.0274. The number of carbonyl (C=O) groups is 1. The molecule has 2 N–H and O–H groups in total. The SMILES string of the molecule is O=C(c1ccccc1NC(=S)Nc1ccc(F)cc1)N1CCCCCC1. The average Bonchev–Trinajstić information content (AvgIpc) is 2.93. The lowest BCUT2D eigenvalue weighted by molar-refractivity contribution is 0.0762. The van der Waals surface area contributed by atoms with Gasteiger partial charge in [-0.2, -0.15) is 0 Å². The van der Waals surface area contributed by atoms with Crippen LogP contribution in [0.3, 0.4) is 0 Å². The van der Waals surface area contributed by atoms with Crippen molar-refractivity contribution < 1.29 is 9.18 Å². The Balaban J connectivity index is 1.70. The number of thiocarbonyl (C=S) groups is 1. The van der Waals surface area contributed by atoms with Crippen molar-refractivity contribution in [3.05, 3.63) is 59.9 Å². The van der Waals surface area contributed by atoms with Crippen LogP contribution >= 0.6 is 12.2 Å². The molecule has 0 spiro atoms. The monoisotopic (exact) mass is 371 g/mol. The summed E-state index contributed by atoms with van der Waals surface area (Å²) in [6.45, 7) is 1.59. The number of para-hydroxylation sites is 1. The average molecular weight is 371 g/mol. The minimum atomic E-state index is -0.303. The lowest BCUT2D eigenvalue weighted by Gasteiger charge is -2.22. The Labute approximate surface area is 158 Å². The van der Waals surface area contributed by atoms with Gasteiger partial charge in [0.05, 0.1) is 11.3 Å². The summed E-state index contributed by atoms with van der Waals surface area (Å²) in [4.78, 5) is 14.9. The first-order valence-electron chi connectivity index (χ1n) is 8.85. The van der Waals surface area contributed by atoms with Crippen molar-refractivity contribution in [1.82, 2.24) is 4.90 Å². The van der Waals surface area contributed by atoms with E-state index in [0.29, 0.717) is 22.1 Å². The van der Waals surface area contributed by atoms with Crippen LogP contribution < -0.4 is 10.6 Å². The molecule has 136 valence electrons. The molecule has 6 heteroatoms. The lowest BCUT2D eigenvalue weighted by atomic mass is 10.1. The maximum Gasteiger partial charge on any atom is 0.255 e. The second-order valence-electron chi connectivity index (χ2n) is 6.34. The van der Waals surface area contributed by atoms with Crippen LogP contribution in [0.5, 0.6) is 0 Å². The molecule has 1 amide bonds. The van der Waals surface area contributed by atoms with Crippen LogP contribution in [-0.4, -0.2) is 29.0 Å². The molecule has 1 saturated heterocycles. The van der Waals surface area contributed by atoms with Gasteiger partial charge in [-0.1, -0.05) is 25.0 Å². The highest BCUT2D eigenvalue weighted by Crippen LogP contribution is 2.20. The molecule has 1 aliphatic heterocycles. The zero-order valence-corrected chi connectivity index (χ0v) is 15.3. The van der Waals surface area contributed by atoms with E-state index in [0.717, 1.165) is 25.9 Å². The van der Waals surface area contributed by atoms with Crippen molar-refractivity contribution in [3.8, 4) is 0 Å². The third-order valence-corrected chi connectivity index (χ3v) is 4.61. The topological polar surface area (TPSA) is 44.4 Å². The van der Waals surface area contributed by atoms with E-state index >= 15 is 0 Å². The van der Waals surface area contributed by atoms with Gasteiger partial charge < -0.3 is 15.5 Å². The standard InChI is InChI=1S/C20H22FN3OS/c21-15-9-11-16(12-10-15)22-20(26)23-18-8-4-3-7-17(18)19(25)24-13-5-1-2-6-14-24/h3-4,7-12H,1-2,5-6,13-14H2,(H2,22,23,26). The summed E-state index contributed by atoms with van der Waals surface area (Å²) in [5, 5.41) is 6.44. The molecule has 26 heavy (non-hydrogen) atoms. The summed E-state index contributed by atoms with van der Waals surface area (Å²) in [5.41, 5.74) is 1.96. The second kappa shape index (κ2) is 8.76. The Morgan fingerprint density at radius 1 is 0.923 bits per heavy atom. The number of anilines is 2. The Kier molecular flexibility index (Phi) is 6.17. The molecular weight excluding hydrogens is 349 g/mol. The number of nitrogens with one attached hydrogen (secondary N) is 2. The summed E-state index contributed by atoms with van der Waals surface area (Å²) < 4.78 is 13.0. The van der Waals surface area contributed by atoms with Crippen molar-refractivity contribution in [2.24, 2.45) is 0 Å². The van der Waals surface area contributed by atoms with Crippen molar-refractivity contribution in [2.75, 3.05) is 23.7 Å². The Bertz CT molecular complexity index is 771. The fraction of sp³-hybridized carbons (Fsp3) is 0.300. The van der Waals surface area contributed by atoms with Crippen LogP contribution in [0.25, 0.3) is 0 Å². The number of amides is 1. The summed E-state index contributed by atoms with van der Waals surface area (Å²) in [7, 11) is 0. The minimum Gasteiger partial charge on any atom is -0.339 e. The molecule has 1 aliphatic rings. The van der Waals surface area contributed by atoms with E-state index in [1.165, 1.54) is 25.0 Å². The van der Waals surface area contributed by atoms with E-state index in [9.17, 15) is 9.18 Å². The molecule has 0 radical (unpaired) electrons. The molecule has 0 atom stereocenters. The fourth-order valence-electron chi connectivity index (χ4n) is 3.04. The number of likely N-dealkylation sites (tertiary alicyclic amines) is 1. The number of hydrogen-bond donors (Lipinski definition) is 2. The van der Waals surface area contributed by atoms with Crippen molar-refractivity contribution in [2.45, 2.75) is 25.7 Å². The lowest BCUT2D eigenvalue weighted by Crippen LogP contribution is -2.32. The first kappa shape index (κ1) is 18.3. The van der Waals surface area contributed by atoms with E-state index < -0.39 is 0 Å².